The molecule has 1 N–H and O–H groups in total. The van der Waals surface area contributed by atoms with Crippen LogP contribution in [0.25, 0.3) is 0 Å². The zero-order valence-corrected chi connectivity index (χ0v) is 16.0. The van der Waals surface area contributed by atoms with E-state index in [9.17, 15) is 4.79 Å². The van der Waals surface area contributed by atoms with Gasteiger partial charge in [-0.05, 0) is 55.2 Å². The number of aromatic nitrogens is 2. The summed E-state index contributed by atoms with van der Waals surface area (Å²) in [5, 5.41) is 9.37. The molecule has 0 atom stereocenters. The number of hydrogen-bond donors (Lipinski definition) is 1. The van der Waals surface area contributed by atoms with E-state index in [2.05, 4.69) is 37.5 Å². The van der Waals surface area contributed by atoms with Gasteiger partial charge in [0.2, 0.25) is 0 Å². The fraction of sp³-hybridized carbons (Fsp3) is 0.667. The van der Waals surface area contributed by atoms with Crippen molar-refractivity contribution in [1.29, 1.82) is 0 Å². The summed E-state index contributed by atoms with van der Waals surface area (Å²) in [6.45, 7) is 3.78. The first kappa shape index (κ1) is 18.7. The van der Waals surface area contributed by atoms with Crippen molar-refractivity contribution in [2.24, 2.45) is 5.92 Å². The van der Waals surface area contributed by atoms with E-state index < -0.39 is 0 Å². The standard InChI is InChI=1S/C15H21ClIN3O3/c1-2-23-15(22)10-5-7-20(8-6-10)14-12(16)19-13(17)11(18-14)4-3-9-21/h10,21H,2-9H2,1H3. The van der Waals surface area contributed by atoms with E-state index in [0.29, 0.717) is 43.5 Å². The SMILES string of the molecule is CCOC(=O)C1CCN(c2nc(CCCO)c(I)nc2Cl)CC1. The first-order valence-electron chi connectivity index (χ1n) is 7.81. The number of ether oxygens (including phenoxy) is 1. The van der Waals surface area contributed by atoms with E-state index >= 15 is 0 Å². The van der Waals surface area contributed by atoms with Crippen LogP contribution in [0.4, 0.5) is 5.82 Å². The van der Waals surface area contributed by atoms with Gasteiger partial charge < -0.3 is 14.7 Å². The molecular formula is C15H21ClIN3O3. The van der Waals surface area contributed by atoms with E-state index in [-0.39, 0.29) is 18.5 Å². The van der Waals surface area contributed by atoms with E-state index in [4.69, 9.17) is 21.4 Å². The summed E-state index contributed by atoms with van der Waals surface area (Å²) in [5.41, 5.74) is 0.853. The van der Waals surface area contributed by atoms with E-state index in [1.54, 1.807) is 0 Å². The Morgan fingerprint density at radius 1 is 1.43 bits per heavy atom. The highest BCUT2D eigenvalue weighted by molar-refractivity contribution is 14.1. The average Bonchev–Trinajstić information content (AvgIpc) is 2.54. The number of carbonyl (C=O) groups excluding carboxylic acids is 1. The van der Waals surface area contributed by atoms with Crippen LogP contribution in [0.1, 0.15) is 31.9 Å². The van der Waals surface area contributed by atoms with Crippen molar-refractivity contribution >= 4 is 46.0 Å². The molecule has 0 amide bonds. The monoisotopic (exact) mass is 453 g/mol. The lowest BCUT2D eigenvalue weighted by Gasteiger charge is -2.32. The van der Waals surface area contributed by atoms with Crippen LogP contribution in [0, 0.1) is 9.62 Å². The van der Waals surface area contributed by atoms with Crippen LogP contribution in [0.2, 0.25) is 5.15 Å². The molecule has 2 heterocycles. The number of anilines is 1. The number of aryl methyl sites for hydroxylation is 1. The predicted octanol–water partition coefficient (Wildman–Crippen LogP) is 2.44. The van der Waals surface area contributed by atoms with Gasteiger partial charge in [0.05, 0.1) is 18.2 Å². The lowest BCUT2D eigenvalue weighted by molar-refractivity contribution is -0.148. The summed E-state index contributed by atoms with van der Waals surface area (Å²) < 4.78 is 5.86. The smallest absolute Gasteiger partial charge is 0.309 e. The molecule has 1 aromatic rings. The molecule has 0 aromatic carbocycles. The van der Waals surface area contributed by atoms with Crippen molar-refractivity contribution in [3.05, 3.63) is 14.5 Å². The number of aliphatic hydroxyl groups is 1. The molecule has 1 aliphatic heterocycles. The second kappa shape index (κ2) is 8.98. The third kappa shape index (κ3) is 4.90. The Morgan fingerprint density at radius 3 is 2.74 bits per heavy atom. The maximum Gasteiger partial charge on any atom is 0.309 e. The second-order valence-electron chi connectivity index (χ2n) is 5.42. The van der Waals surface area contributed by atoms with Gasteiger partial charge in [-0.15, -0.1) is 0 Å². The van der Waals surface area contributed by atoms with Gasteiger partial charge in [0, 0.05) is 19.7 Å². The minimum absolute atomic E-state index is 0.0457. The van der Waals surface area contributed by atoms with Gasteiger partial charge in [0.25, 0.3) is 0 Å². The summed E-state index contributed by atoms with van der Waals surface area (Å²) >= 11 is 8.37. The van der Waals surface area contributed by atoms with Gasteiger partial charge in [-0.2, -0.15) is 0 Å². The minimum atomic E-state index is -0.115. The normalized spacial score (nSPS) is 15.7. The summed E-state index contributed by atoms with van der Waals surface area (Å²) in [7, 11) is 0. The Bertz CT molecular complexity index is 551. The highest BCUT2D eigenvalue weighted by atomic mass is 127. The molecule has 0 radical (unpaired) electrons. The number of carbonyl (C=O) groups is 1. The van der Waals surface area contributed by atoms with Crippen molar-refractivity contribution < 1.29 is 14.6 Å². The first-order valence-corrected chi connectivity index (χ1v) is 9.26. The number of piperidine rings is 1. The Hall–Kier alpha value is -0.670. The van der Waals surface area contributed by atoms with Crippen LogP contribution in [0.5, 0.6) is 0 Å². The van der Waals surface area contributed by atoms with Crippen LogP contribution in [0.3, 0.4) is 0 Å². The van der Waals surface area contributed by atoms with Crippen LogP contribution in [-0.2, 0) is 16.0 Å². The largest absolute Gasteiger partial charge is 0.466 e. The van der Waals surface area contributed by atoms with Crippen molar-refractivity contribution in [2.75, 3.05) is 31.2 Å². The molecule has 0 aliphatic carbocycles. The summed E-state index contributed by atoms with van der Waals surface area (Å²) in [6, 6.07) is 0. The molecule has 0 spiro atoms. The van der Waals surface area contributed by atoms with Crippen molar-refractivity contribution in [3.8, 4) is 0 Å². The van der Waals surface area contributed by atoms with Crippen LogP contribution in [0.15, 0.2) is 0 Å². The van der Waals surface area contributed by atoms with Gasteiger partial charge in [0.1, 0.15) is 3.70 Å². The molecule has 128 valence electrons. The lowest BCUT2D eigenvalue weighted by atomic mass is 9.97. The Balaban J connectivity index is 2.06. The van der Waals surface area contributed by atoms with Crippen LogP contribution in [-0.4, -0.2) is 47.3 Å². The van der Waals surface area contributed by atoms with Gasteiger partial charge in [-0.1, -0.05) is 11.6 Å². The molecule has 1 aromatic heterocycles. The molecule has 1 aliphatic rings. The highest BCUT2D eigenvalue weighted by Gasteiger charge is 2.28. The Morgan fingerprint density at radius 2 is 2.13 bits per heavy atom. The molecule has 2 rings (SSSR count). The first-order chi connectivity index (χ1) is 11.1. The Kier molecular flexibility index (Phi) is 7.29. The zero-order chi connectivity index (χ0) is 16.8. The number of aliphatic hydroxyl groups excluding tert-OH is 1. The minimum Gasteiger partial charge on any atom is -0.466 e. The lowest BCUT2D eigenvalue weighted by Crippen LogP contribution is -2.37. The van der Waals surface area contributed by atoms with Gasteiger partial charge in [0.15, 0.2) is 11.0 Å². The van der Waals surface area contributed by atoms with Crippen molar-refractivity contribution in [3.63, 3.8) is 0 Å². The maximum atomic E-state index is 11.8. The van der Waals surface area contributed by atoms with Crippen molar-refractivity contribution in [2.45, 2.75) is 32.6 Å². The summed E-state index contributed by atoms with van der Waals surface area (Å²) in [5.74, 6) is 0.508. The predicted molar refractivity (Wildman–Crippen MR) is 96.7 cm³/mol. The molecule has 0 bridgehead atoms. The third-order valence-corrected chi connectivity index (χ3v) is 4.96. The van der Waals surface area contributed by atoms with Gasteiger partial charge in [-0.3, -0.25) is 4.79 Å². The Labute approximate surface area is 154 Å². The summed E-state index contributed by atoms with van der Waals surface area (Å²) in [6.07, 6.45) is 2.78. The molecular weight excluding hydrogens is 433 g/mol. The molecule has 0 unspecified atom stereocenters. The topological polar surface area (TPSA) is 75.5 Å². The fourth-order valence-corrected chi connectivity index (χ4v) is 3.64. The van der Waals surface area contributed by atoms with E-state index in [1.807, 2.05) is 6.92 Å². The number of rotatable bonds is 6. The second-order valence-corrected chi connectivity index (χ2v) is 6.80. The number of esters is 1. The molecule has 23 heavy (non-hydrogen) atoms. The molecule has 1 saturated heterocycles. The fourth-order valence-electron chi connectivity index (χ4n) is 2.61. The highest BCUT2D eigenvalue weighted by Crippen LogP contribution is 2.29. The molecule has 8 heteroatoms. The molecule has 0 saturated carbocycles. The van der Waals surface area contributed by atoms with Gasteiger partial charge >= 0.3 is 5.97 Å². The quantitative estimate of drug-likeness (QED) is 0.527. The molecule has 6 nitrogen and oxygen atoms in total. The zero-order valence-electron chi connectivity index (χ0n) is 13.1. The average molecular weight is 454 g/mol. The van der Waals surface area contributed by atoms with Gasteiger partial charge in [-0.25, -0.2) is 9.97 Å². The third-order valence-electron chi connectivity index (χ3n) is 3.85. The number of nitrogens with zero attached hydrogens (tertiary/aromatic N) is 3. The number of halogens is 2. The van der Waals surface area contributed by atoms with Crippen molar-refractivity contribution in [1.82, 2.24) is 9.97 Å². The van der Waals surface area contributed by atoms with E-state index in [1.165, 1.54) is 0 Å². The summed E-state index contributed by atoms with van der Waals surface area (Å²) in [4.78, 5) is 22.9. The number of hydrogen-bond acceptors (Lipinski definition) is 6. The maximum absolute atomic E-state index is 11.8. The van der Waals surface area contributed by atoms with E-state index in [0.717, 1.165) is 22.2 Å². The van der Waals surface area contributed by atoms with Crippen LogP contribution >= 0.6 is 34.2 Å². The van der Waals surface area contributed by atoms with Crippen LogP contribution < -0.4 is 4.90 Å². The molecule has 1 fully saturated rings.